The minimum atomic E-state index is -1.06. The zero-order valence-corrected chi connectivity index (χ0v) is 21.7. The van der Waals surface area contributed by atoms with Crippen LogP contribution in [0.2, 0.25) is 0 Å². The van der Waals surface area contributed by atoms with E-state index in [4.69, 9.17) is 0 Å². The lowest BCUT2D eigenvalue weighted by molar-refractivity contribution is -0.137. The van der Waals surface area contributed by atoms with Crippen molar-refractivity contribution < 1.29 is 9.90 Å². The maximum atomic E-state index is 13.4. The molecule has 39 heavy (non-hydrogen) atoms. The van der Waals surface area contributed by atoms with Crippen molar-refractivity contribution in [2.75, 3.05) is 13.1 Å². The number of fused-ring (bicyclic) bond motifs is 2. The van der Waals surface area contributed by atoms with Gasteiger partial charge in [0.2, 0.25) is 5.91 Å². The topological polar surface area (TPSA) is 111 Å². The number of rotatable bonds is 5. The van der Waals surface area contributed by atoms with Gasteiger partial charge in [0.15, 0.2) is 5.65 Å². The Morgan fingerprint density at radius 1 is 1.05 bits per heavy atom. The van der Waals surface area contributed by atoms with E-state index in [9.17, 15) is 14.7 Å². The second kappa shape index (κ2) is 8.88. The highest BCUT2D eigenvalue weighted by Gasteiger charge is 2.39. The van der Waals surface area contributed by atoms with E-state index in [0.29, 0.717) is 37.0 Å². The molecule has 198 valence electrons. The Kier molecular flexibility index (Phi) is 5.41. The SMILES string of the molecule is Cn1ncc2cc(-c3cccc(-n4ncc5c(=O)n(CC6(O)CCN(C(=O)C7CC7)CC6)cnc54)c3)ccc21. The van der Waals surface area contributed by atoms with Gasteiger partial charge in [0.25, 0.3) is 5.56 Å². The van der Waals surface area contributed by atoms with Crippen LogP contribution in [0.1, 0.15) is 25.7 Å². The molecule has 1 aliphatic carbocycles. The monoisotopic (exact) mass is 523 g/mol. The minimum absolute atomic E-state index is 0.137. The molecule has 10 heteroatoms. The van der Waals surface area contributed by atoms with E-state index in [-0.39, 0.29) is 23.9 Å². The summed E-state index contributed by atoms with van der Waals surface area (Å²) in [4.78, 5) is 32.2. The molecule has 2 aromatic carbocycles. The molecule has 1 N–H and O–H groups in total. The number of aryl methyl sites for hydroxylation is 1. The van der Waals surface area contributed by atoms with Crippen LogP contribution in [0.5, 0.6) is 0 Å². The number of carbonyl (C=O) groups excluding carboxylic acids is 1. The Balaban J connectivity index is 1.14. The normalized spacial score (nSPS) is 17.2. The van der Waals surface area contributed by atoms with E-state index >= 15 is 0 Å². The van der Waals surface area contributed by atoms with E-state index in [1.165, 1.54) is 17.1 Å². The lowest BCUT2D eigenvalue weighted by Gasteiger charge is -2.38. The van der Waals surface area contributed by atoms with E-state index in [1.807, 2.05) is 47.1 Å². The summed E-state index contributed by atoms with van der Waals surface area (Å²) in [5, 5.41) is 21.5. The number of nitrogens with zero attached hydrogens (tertiary/aromatic N) is 7. The van der Waals surface area contributed by atoms with Gasteiger partial charge in [-0.15, -0.1) is 0 Å². The van der Waals surface area contributed by atoms with Crippen LogP contribution in [-0.2, 0) is 18.4 Å². The van der Waals surface area contributed by atoms with Gasteiger partial charge in [-0.25, -0.2) is 9.67 Å². The van der Waals surface area contributed by atoms with E-state index in [2.05, 4.69) is 33.4 Å². The number of aromatic nitrogens is 6. The largest absolute Gasteiger partial charge is 0.388 e. The van der Waals surface area contributed by atoms with Crippen molar-refractivity contribution in [1.82, 2.24) is 34.0 Å². The zero-order chi connectivity index (χ0) is 26.7. The fourth-order valence-electron chi connectivity index (χ4n) is 5.62. The molecule has 2 fully saturated rings. The second-order valence-corrected chi connectivity index (χ2v) is 10.9. The lowest BCUT2D eigenvalue weighted by Crippen LogP contribution is -2.50. The molecule has 1 saturated heterocycles. The number of carbonyl (C=O) groups is 1. The molecule has 0 unspecified atom stereocenters. The number of benzene rings is 2. The quantitative estimate of drug-likeness (QED) is 0.379. The summed E-state index contributed by atoms with van der Waals surface area (Å²) in [6.07, 6.45) is 7.70. The number of piperidine rings is 1. The predicted molar refractivity (Wildman–Crippen MR) is 146 cm³/mol. The number of aliphatic hydroxyl groups is 1. The maximum absolute atomic E-state index is 13.4. The number of hydrogen-bond acceptors (Lipinski definition) is 6. The molecule has 0 radical (unpaired) electrons. The first kappa shape index (κ1) is 23.8. The van der Waals surface area contributed by atoms with Gasteiger partial charge in [0, 0.05) is 31.4 Å². The highest BCUT2D eigenvalue weighted by Crippen LogP contribution is 2.33. The third-order valence-electron chi connectivity index (χ3n) is 8.12. The minimum Gasteiger partial charge on any atom is -0.388 e. The molecular formula is C29H29N7O3. The van der Waals surface area contributed by atoms with Crippen molar-refractivity contribution >= 4 is 27.8 Å². The van der Waals surface area contributed by atoms with E-state index in [0.717, 1.165) is 40.6 Å². The molecule has 1 saturated carbocycles. The first-order valence-electron chi connectivity index (χ1n) is 13.4. The summed E-state index contributed by atoms with van der Waals surface area (Å²) in [5.41, 5.74) is 3.10. The summed E-state index contributed by atoms with van der Waals surface area (Å²) < 4.78 is 4.98. The summed E-state index contributed by atoms with van der Waals surface area (Å²) in [7, 11) is 1.92. The first-order chi connectivity index (χ1) is 18.9. The van der Waals surface area contributed by atoms with Gasteiger partial charge in [0.1, 0.15) is 11.7 Å². The fraction of sp³-hybridized carbons (Fsp3) is 0.345. The van der Waals surface area contributed by atoms with Crippen LogP contribution in [0.4, 0.5) is 0 Å². The smallest absolute Gasteiger partial charge is 0.264 e. The Morgan fingerprint density at radius 2 is 1.85 bits per heavy atom. The average Bonchev–Trinajstić information content (AvgIpc) is 3.61. The van der Waals surface area contributed by atoms with Crippen LogP contribution in [0.3, 0.4) is 0 Å². The predicted octanol–water partition coefficient (Wildman–Crippen LogP) is 2.90. The second-order valence-electron chi connectivity index (χ2n) is 10.9. The van der Waals surface area contributed by atoms with Crippen LogP contribution >= 0.6 is 0 Å². The van der Waals surface area contributed by atoms with Crippen molar-refractivity contribution in [3.63, 3.8) is 0 Å². The fourth-order valence-corrected chi connectivity index (χ4v) is 5.62. The summed E-state index contributed by atoms with van der Waals surface area (Å²) >= 11 is 0. The molecule has 1 amide bonds. The zero-order valence-electron chi connectivity index (χ0n) is 21.7. The van der Waals surface area contributed by atoms with Gasteiger partial charge >= 0.3 is 0 Å². The van der Waals surface area contributed by atoms with Gasteiger partial charge in [-0.2, -0.15) is 10.2 Å². The lowest BCUT2D eigenvalue weighted by atomic mass is 9.91. The Hall–Kier alpha value is -4.31. The average molecular weight is 524 g/mol. The molecule has 1 aliphatic heterocycles. The molecule has 0 atom stereocenters. The highest BCUT2D eigenvalue weighted by molar-refractivity contribution is 5.85. The molecule has 3 aromatic heterocycles. The highest BCUT2D eigenvalue weighted by atomic mass is 16.3. The molecule has 5 aromatic rings. The van der Waals surface area contributed by atoms with Gasteiger partial charge in [-0.05, 0) is 61.1 Å². The maximum Gasteiger partial charge on any atom is 0.264 e. The van der Waals surface area contributed by atoms with Crippen molar-refractivity contribution in [1.29, 1.82) is 0 Å². The van der Waals surface area contributed by atoms with E-state index < -0.39 is 5.60 Å². The van der Waals surface area contributed by atoms with Crippen molar-refractivity contribution in [3.05, 3.63) is 71.5 Å². The Labute approximate surface area is 224 Å². The third kappa shape index (κ3) is 4.21. The summed E-state index contributed by atoms with van der Waals surface area (Å²) in [6.45, 7) is 1.16. The van der Waals surface area contributed by atoms with Crippen LogP contribution in [0, 0.1) is 5.92 Å². The van der Waals surface area contributed by atoms with E-state index in [1.54, 1.807) is 4.68 Å². The Bertz CT molecular complexity index is 1790. The van der Waals surface area contributed by atoms with Crippen LogP contribution in [-0.4, -0.2) is 63.7 Å². The first-order valence-corrected chi connectivity index (χ1v) is 13.4. The van der Waals surface area contributed by atoms with Gasteiger partial charge in [0.05, 0.1) is 35.7 Å². The molecule has 0 bridgehead atoms. The summed E-state index contributed by atoms with van der Waals surface area (Å²) in [5.74, 6) is 0.374. The Morgan fingerprint density at radius 3 is 2.64 bits per heavy atom. The molecule has 4 heterocycles. The van der Waals surface area contributed by atoms with Crippen molar-refractivity contribution in [3.8, 4) is 16.8 Å². The van der Waals surface area contributed by atoms with Gasteiger partial charge in [-0.3, -0.25) is 18.8 Å². The van der Waals surface area contributed by atoms with Crippen molar-refractivity contribution in [2.45, 2.75) is 37.8 Å². The molecular weight excluding hydrogens is 494 g/mol. The molecule has 2 aliphatic rings. The molecule has 7 rings (SSSR count). The molecule has 0 spiro atoms. The third-order valence-corrected chi connectivity index (χ3v) is 8.12. The van der Waals surface area contributed by atoms with Gasteiger partial charge < -0.3 is 10.0 Å². The summed E-state index contributed by atoms with van der Waals surface area (Å²) in [6, 6.07) is 14.2. The number of hydrogen-bond donors (Lipinski definition) is 1. The van der Waals surface area contributed by atoms with Crippen LogP contribution in [0.25, 0.3) is 38.8 Å². The van der Waals surface area contributed by atoms with Crippen molar-refractivity contribution in [2.24, 2.45) is 13.0 Å². The molecule has 10 nitrogen and oxygen atoms in total. The standard InChI is InChI=1S/C29H29N7O3/c1-33-25-8-7-21(13-22(25)15-31-33)20-3-2-4-23(14-20)36-26-24(16-32-36)28(38)35(18-30-26)17-29(39)9-11-34(12-10-29)27(37)19-5-6-19/h2-4,7-8,13-16,18-19,39H,5-6,9-12,17H2,1H3. The van der Waals surface area contributed by atoms with Crippen LogP contribution in [0.15, 0.2) is 66.0 Å². The van der Waals surface area contributed by atoms with Gasteiger partial charge in [-0.1, -0.05) is 18.2 Å². The van der Waals surface area contributed by atoms with Crippen LogP contribution < -0.4 is 5.56 Å². The number of amides is 1. The number of likely N-dealkylation sites (tertiary alicyclic amines) is 1.